The molecule has 1 unspecified atom stereocenters. The standard InChI is InChI=1S/C21H19IN6O3/c22-16-6-3-7-17(24-16)25-21(31)15-9-11-8-14(11)28(15)18(29)10-27-13-5-2-1-4-12(13)19(26-27)20(23)30/h1-7,11,14-15H,8-10H2,(H2,23,30)(H,24,25,31)/t11-,14?,15+/m1/s1. The van der Waals surface area contributed by atoms with Gasteiger partial charge in [0.2, 0.25) is 11.8 Å². The van der Waals surface area contributed by atoms with E-state index in [1.54, 1.807) is 29.2 Å². The molecule has 1 aromatic carbocycles. The second-order valence-corrected chi connectivity index (χ2v) is 8.94. The third-order valence-electron chi connectivity index (χ3n) is 5.84. The zero-order valence-corrected chi connectivity index (χ0v) is 18.5. The average molecular weight is 530 g/mol. The van der Waals surface area contributed by atoms with Crippen molar-refractivity contribution in [2.24, 2.45) is 11.7 Å². The van der Waals surface area contributed by atoms with Crippen molar-refractivity contribution < 1.29 is 14.4 Å². The third-order valence-corrected chi connectivity index (χ3v) is 6.44. The minimum atomic E-state index is -0.645. The summed E-state index contributed by atoms with van der Waals surface area (Å²) in [5.74, 6) is -0.274. The zero-order valence-electron chi connectivity index (χ0n) is 16.4. The van der Waals surface area contributed by atoms with Gasteiger partial charge in [-0.25, -0.2) is 4.98 Å². The second-order valence-electron chi connectivity index (χ2n) is 7.84. The zero-order chi connectivity index (χ0) is 21.7. The van der Waals surface area contributed by atoms with Gasteiger partial charge >= 0.3 is 0 Å². The summed E-state index contributed by atoms with van der Waals surface area (Å²) in [6.45, 7) is -0.0672. The molecule has 0 radical (unpaired) electrons. The van der Waals surface area contributed by atoms with Crippen molar-refractivity contribution in [2.75, 3.05) is 5.32 Å². The quantitative estimate of drug-likeness (QED) is 0.385. The summed E-state index contributed by atoms with van der Waals surface area (Å²) in [5, 5.41) is 7.70. The number of nitrogens with zero attached hydrogens (tertiary/aromatic N) is 4. The first-order valence-corrected chi connectivity index (χ1v) is 11.0. The molecule has 1 aliphatic heterocycles. The van der Waals surface area contributed by atoms with E-state index in [9.17, 15) is 14.4 Å². The molecule has 1 aliphatic carbocycles. The number of nitrogens with two attached hydrogens (primary N) is 1. The number of benzene rings is 1. The maximum absolute atomic E-state index is 13.2. The number of rotatable bonds is 5. The predicted octanol–water partition coefficient (Wildman–Crippen LogP) is 1.76. The molecule has 3 atom stereocenters. The number of hydrogen-bond acceptors (Lipinski definition) is 5. The van der Waals surface area contributed by atoms with Crippen molar-refractivity contribution in [3.63, 3.8) is 0 Å². The van der Waals surface area contributed by atoms with Crippen LogP contribution in [0.4, 0.5) is 5.82 Å². The number of primary amides is 1. The van der Waals surface area contributed by atoms with Crippen LogP contribution in [0.2, 0.25) is 0 Å². The van der Waals surface area contributed by atoms with E-state index in [-0.39, 0.29) is 30.1 Å². The number of carbonyl (C=O) groups is 3. The van der Waals surface area contributed by atoms with Crippen LogP contribution >= 0.6 is 22.6 Å². The largest absolute Gasteiger partial charge is 0.364 e. The van der Waals surface area contributed by atoms with Crippen molar-refractivity contribution in [1.29, 1.82) is 0 Å². The topological polar surface area (TPSA) is 123 Å². The van der Waals surface area contributed by atoms with Crippen LogP contribution < -0.4 is 11.1 Å². The summed E-state index contributed by atoms with van der Waals surface area (Å²) in [6.07, 6.45) is 1.54. The van der Waals surface area contributed by atoms with E-state index in [0.717, 1.165) is 10.1 Å². The number of amides is 3. The van der Waals surface area contributed by atoms with Gasteiger partial charge in [0, 0.05) is 11.4 Å². The summed E-state index contributed by atoms with van der Waals surface area (Å²) in [7, 11) is 0. The second kappa shape index (κ2) is 7.59. The Morgan fingerprint density at radius 1 is 1.13 bits per heavy atom. The Bertz CT molecular complexity index is 1220. The van der Waals surface area contributed by atoms with Crippen LogP contribution in [0.3, 0.4) is 0 Å². The van der Waals surface area contributed by atoms with Crippen molar-refractivity contribution in [3.8, 4) is 0 Å². The van der Waals surface area contributed by atoms with Gasteiger partial charge in [-0.2, -0.15) is 5.10 Å². The minimum absolute atomic E-state index is 0.0672. The van der Waals surface area contributed by atoms with Gasteiger partial charge in [0.1, 0.15) is 22.1 Å². The van der Waals surface area contributed by atoms with Crippen molar-refractivity contribution in [3.05, 3.63) is 51.9 Å². The SMILES string of the molecule is NC(=O)c1nn(CC(=O)N2C3C[C@@H]3C[C@H]2C(=O)Nc2cccc(I)n2)c2ccccc12. The molecule has 0 bridgehead atoms. The normalized spacial score (nSPS) is 21.7. The number of hydrogen-bond donors (Lipinski definition) is 2. The molecular formula is C21H19IN6O3. The Kier molecular flexibility index (Phi) is 4.88. The van der Waals surface area contributed by atoms with Crippen LogP contribution in [0.25, 0.3) is 10.9 Å². The molecule has 3 aromatic rings. The Morgan fingerprint density at radius 3 is 2.71 bits per heavy atom. The molecule has 1 saturated carbocycles. The van der Waals surface area contributed by atoms with Crippen LogP contribution in [0.1, 0.15) is 23.3 Å². The number of halogens is 1. The Balaban J connectivity index is 1.38. The number of aromatic nitrogens is 3. The lowest BCUT2D eigenvalue weighted by atomic mass is 10.1. The number of likely N-dealkylation sites (tertiary alicyclic amines) is 1. The van der Waals surface area contributed by atoms with E-state index < -0.39 is 11.9 Å². The molecule has 2 aromatic heterocycles. The fourth-order valence-electron chi connectivity index (χ4n) is 4.38. The molecule has 9 nitrogen and oxygen atoms in total. The summed E-state index contributed by atoms with van der Waals surface area (Å²) in [5.41, 5.74) is 6.24. The number of piperidine rings is 1. The maximum Gasteiger partial charge on any atom is 0.269 e. The molecule has 3 heterocycles. The lowest BCUT2D eigenvalue weighted by Gasteiger charge is -2.26. The van der Waals surface area contributed by atoms with Gasteiger partial charge in [-0.1, -0.05) is 24.3 Å². The van der Waals surface area contributed by atoms with Crippen LogP contribution in [0.5, 0.6) is 0 Å². The fourth-order valence-corrected chi connectivity index (χ4v) is 4.84. The average Bonchev–Trinajstić information content (AvgIpc) is 3.24. The monoisotopic (exact) mass is 530 g/mol. The molecule has 2 fully saturated rings. The highest BCUT2D eigenvalue weighted by molar-refractivity contribution is 14.1. The molecule has 31 heavy (non-hydrogen) atoms. The van der Waals surface area contributed by atoms with Crippen LogP contribution in [-0.2, 0) is 16.1 Å². The Labute approximate surface area is 191 Å². The Hall–Kier alpha value is -3.02. The van der Waals surface area contributed by atoms with E-state index in [4.69, 9.17) is 5.73 Å². The molecule has 3 N–H and O–H groups in total. The van der Waals surface area contributed by atoms with Crippen molar-refractivity contribution in [2.45, 2.75) is 31.5 Å². The first-order chi connectivity index (χ1) is 14.9. The highest BCUT2D eigenvalue weighted by Gasteiger charge is 2.56. The number of pyridine rings is 1. The van der Waals surface area contributed by atoms with Gasteiger partial charge < -0.3 is 16.0 Å². The van der Waals surface area contributed by atoms with Crippen LogP contribution in [0, 0.1) is 9.62 Å². The van der Waals surface area contributed by atoms with Gasteiger partial charge in [-0.3, -0.25) is 19.1 Å². The maximum atomic E-state index is 13.2. The van der Waals surface area contributed by atoms with E-state index in [0.29, 0.717) is 29.1 Å². The lowest BCUT2D eigenvalue weighted by molar-refractivity contribution is -0.138. The minimum Gasteiger partial charge on any atom is -0.364 e. The number of para-hydroxylation sites is 1. The lowest BCUT2D eigenvalue weighted by Crippen LogP contribution is -2.46. The van der Waals surface area contributed by atoms with E-state index >= 15 is 0 Å². The van der Waals surface area contributed by atoms with E-state index in [1.807, 2.05) is 18.2 Å². The first-order valence-electron chi connectivity index (χ1n) is 9.92. The summed E-state index contributed by atoms with van der Waals surface area (Å²) >= 11 is 2.08. The molecule has 2 aliphatic rings. The van der Waals surface area contributed by atoms with Gasteiger partial charge in [-0.05, 0) is 59.5 Å². The molecular weight excluding hydrogens is 511 g/mol. The summed E-state index contributed by atoms with van der Waals surface area (Å²) < 4.78 is 2.26. The fraction of sp³-hybridized carbons (Fsp3) is 0.286. The summed E-state index contributed by atoms with van der Waals surface area (Å²) in [4.78, 5) is 43.9. The number of fused-ring (bicyclic) bond motifs is 2. The highest BCUT2D eigenvalue weighted by Crippen LogP contribution is 2.48. The smallest absolute Gasteiger partial charge is 0.269 e. The summed E-state index contributed by atoms with van der Waals surface area (Å²) in [6, 6.07) is 12.1. The van der Waals surface area contributed by atoms with Gasteiger partial charge in [0.25, 0.3) is 5.91 Å². The van der Waals surface area contributed by atoms with Crippen LogP contribution in [-0.4, -0.2) is 49.5 Å². The highest BCUT2D eigenvalue weighted by atomic mass is 127. The Morgan fingerprint density at radius 2 is 1.94 bits per heavy atom. The number of nitrogens with one attached hydrogen (secondary N) is 1. The molecule has 10 heteroatoms. The third kappa shape index (κ3) is 3.64. The molecule has 3 amide bonds. The molecule has 5 rings (SSSR count). The molecule has 0 spiro atoms. The van der Waals surface area contributed by atoms with Crippen LogP contribution in [0.15, 0.2) is 42.5 Å². The van der Waals surface area contributed by atoms with E-state index in [2.05, 4.69) is 38.0 Å². The number of carbonyl (C=O) groups excluding carboxylic acids is 3. The van der Waals surface area contributed by atoms with E-state index in [1.165, 1.54) is 4.68 Å². The van der Waals surface area contributed by atoms with Crippen molar-refractivity contribution in [1.82, 2.24) is 19.7 Å². The van der Waals surface area contributed by atoms with Gasteiger partial charge in [0.05, 0.1) is 5.52 Å². The molecule has 1 saturated heterocycles. The first kappa shape index (κ1) is 19.9. The molecule has 158 valence electrons. The number of anilines is 1. The van der Waals surface area contributed by atoms with Crippen molar-refractivity contribution >= 4 is 57.0 Å². The van der Waals surface area contributed by atoms with Gasteiger partial charge in [-0.15, -0.1) is 0 Å². The van der Waals surface area contributed by atoms with Gasteiger partial charge in [0.15, 0.2) is 5.69 Å². The predicted molar refractivity (Wildman–Crippen MR) is 121 cm³/mol.